The summed E-state index contributed by atoms with van der Waals surface area (Å²) in [4.78, 5) is 20.6. The highest BCUT2D eigenvalue weighted by Crippen LogP contribution is 2.20. The van der Waals surface area contributed by atoms with Gasteiger partial charge in [0.2, 0.25) is 5.95 Å². The van der Waals surface area contributed by atoms with Gasteiger partial charge < -0.3 is 11.1 Å². The number of imidazole rings is 1. The Bertz CT molecular complexity index is 629. The van der Waals surface area contributed by atoms with Crippen LogP contribution >= 0.6 is 0 Å². The van der Waals surface area contributed by atoms with Crippen LogP contribution in [0, 0.1) is 0 Å². The van der Waals surface area contributed by atoms with Gasteiger partial charge in [-0.05, 0) is 32.3 Å². The topological polar surface area (TPSA) is 85.8 Å². The van der Waals surface area contributed by atoms with Crippen molar-refractivity contribution in [1.82, 2.24) is 19.9 Å². The number of hydrogen-bond donors (Lipinski definition) is 2. The lowest BCUT2D eigenvalue weighted by Gasteiger charge is -2.26. The number of amides is 1. The summed E-state index contributed by atoms with van der Waals surface area (Å²) in [6, 6.07) is 2.07. The summed E-state index contributed by atoms with van der Waals surface area (Å²) in [5.41, 5.74) is 7.74. The second-order valence-electron chi connectivity index (χ2n) is 4.88. The van der Waals surface area contributed by atoms with E-state index in [-0.39, 0.29) is 5.91 Å². The predicted octanol–water partition coefficient (Wildman–Crippen LogP) is 1.32. The Morgan fingerprint density at radius 1 is 1.58 bits per heavy atom. The molecule has 1 aliphatic carbocycles. The van der Waals surface area contributed by atoms with Gasteiger partial charge in [0.1, 0.15) is 5.52 Å². The molecule has 0 spiro atoms. The number of nitrogens with one attached hydrogen (secondary N) is 1. The Balaban J connectivity index is 1.90. The number of rotatable bonds is 3. The molecule has 1 amide bonds. The number of carbonyl (C=O) groups is 1. The average molecular weight is 259 g/mol. The number of aryl methyl sites for hydroxylation is 1. The molecule has 0 atom stereocenters. The first-order chi connectivity index (χ1) is 9.19. The molecule has 1 saturated carbocycles. The van der Waals surface area contributed by atoms with Crippen molar-refractivity contribution in [1.29, 1.82) is 0 Å². The number of fused-ring (bicyclic) bond motifs is 1. The molecule has 3 rings (SSSR count). The zero-order chi connectivity index (χ0) is 13.4. The summed E-state index contributed by atoms with van der Waals surface area (Å²) in [6.07, 6.45) is 4.92. The van der Waals surface area contributed by atoms with Gasteiger partial charge in [0.05, 0.1) is 5.56 Å². The molecule has 1 aliphatic rings. The minimum absolute atomic E-state index is 0.0799. The molecule has 0 aliphatic heterocycles. The number of hydrogen-bond acceptors (Lipinski definition) is 4. The van der Waals surface area contributed by atoms with E-state index >= 15 is 0 Å². The van der Waals surface area contributed by atoms with E-state index in [9.17, 15) is 4.79 Å². The second-order valence-corrected chi connectivity index (χ2v) is 4.88. The van der Waals surface area contributed by atoms with Crippen LogP contribution in [0.4, 0.5) is 5.95 Å². The quantitative estimate of drug-likeness (QED) is 0.870. The maximum atomic E-state index is 12.0. The molecule has 3 N–H and O–H groups in total. The molecular formula is C13H17N5O. The summed E-state index contributed by atoms with van der Waals surface area (Å²) in [5, 5.41) is 2.99. The molecule has 0 aromatic carbocycles. The number of nitrogens with zero attached hydrogens (tertiary/aromatic N) is 3. The second kappa shape index (κ2) is 4.53. The van der Waals surface area contributed by atoms with Crippen molar-refractivity contribution in [3.63, 3.8) is 0 Å². The Hall–Kier alpha value is -2.11. The molecule has 2 aromatic rings. The highest BCUT2D eigenvalue weighted by atomic mass is 16.1. The maximum Gasteiger partial charge on any atom is 0.253 e. The number of nitrogen functional groups attached to an aromatic ring is 1. The van der Waals surface area contributed by atoms with Crippen molar-refractivity contribution in [3.05, 3.63) is 17.8 Å². The predicted molar refractivity (Wildman–Crippen MR) is 72.7 cm³/mol. The zero-order valence-electron chi connectivity index (χ0n) is 10.9. The van der Waals surface area contributed by atoms with Crippen LogP contribution in [0.25, 0.3) is 11.2 Å². The van der Waals surface area contributed by atoms with E-state index in [1.165, 1.54) is 6.42 Å². The highest BCUT2D eigenvalue weighted by molar-refractivity contribution is 5.96. The Kier molecular flexibility index (Phi) is 2.85. The van der Waals surface area contributed by atoms with Crippen molar-refractivity contribution < 1.29 is 4.79 Å². The molecule has 6 nitrogen and oxygen atoms in total. The fourth-order valence-electron chi connectivity index (χ4n) is 2.29. The minimum atomic E-state index is -0.0799. The smallest absolute Gasteiger partial charge is 0.253 e. The fourth-order valence-corrected chi connectivity index (χ4v) is 2.29. The van der Waals surface area contributed by atoms with Gasteiger partial charge in [-0.15, -0.1) is 0 Å². The largest absolute Gasteiger partial charge is 0.369 e. The molecule has 0 saturated heterocycles. The molecule has 100 valence electrons. The van der Waals surface area contributed by atoms with Gasteiger partial charge in [-0.2, -0.15) is 0 Å². The molecule has 1 fully saturated rings. The van der Waals surface area contributed by atoms with Crippen LogP contribution < -0.4 is 11.1 Å². The van der Waals surface area contributed by atoms with Crippen molar-refractivity contribution >= 4 is 23.0 Å². The zero-order valence-corrected chi connectivity index (χ0v) is 10.9. The molecule has 0 unspecified atom stereocenters. The highest BCUT2D eigenvalue weighted by Gasteiger charge is 2.20. The Morgan fingerprint density at radius 2 is 2.37 bits per heavy atom. The van der Waals surface area contributed by atoms with Crippen molar-refractivity contribution in [3.8, 4) is 0 Å². The van der Waals surface area contributed by atoms with E-state index in [1.807, 2.05) is 11.5 Å². The van der Waals surface area contributed by atoms with Gasteiger partial charge in [0.15, 0.2) is 5.65 Å². The first-order valence-corrected chi connectivity index (χ1v) is 6.61. The molecular weight excluding hydrogens is 242 g/mol. The van der Waals surface area contributed by atoms with Gasteiger partial charge in [-0.3, -0.25) is 9.36 Å². The van der Waals surface area contributed by atoms with E-state index in [1.54, 1.807) is 12.3 Å². The SMILES string of the molecule is CCn1c(N)nc2cc(C(=O)NC3CCC3)cnc21. The third kappa shape index (κ3) is 2.03. The average Bonchev–Trinajstić information content (AvgIpc) is 2.67. The van der Waals surface area contributed by atoms with E-state index < -0.39 is 0 Å². The van der Waals surface area contributed by atoms with Crippen molar-refractivity contribution in [2.75, 3.05) is 5.73 Å². The van der Waals surface area contributed by atoms with Gasteiger partial charge in [0.25, 0.3) is 5.91 Å². The summed E-state index contributed by atoms with van der Waals surface area (Å²) in [6.45, 7) is 2.69. The van der Waals surface area contributed by atoms with Crippen LogP contribution in [-0.4, -0.2) is 26.5 Å². The summed E-state index contributed by atoms with van der Waals surface area (Å²) < 4.78 is 1.82. The fraction of sp³-hybridized carbons (Fsp3) is 0.462. The van der Waals surface area contributed by atoms with E-state index in [0.717, 1.165) is 18.5 Å². The lowest BCUT2D eigenvalue weighted by molar-refractivity contribution is 0.0917. The summed E-state index contributed by atoms with van der Waals surface area (Å²) in [5.74, 6) is 0.352. The monoisotopic (exact) mass is 259 g/mol. The van der Waals surface area contributed by atoms with Gasteiger partial charge in [-0.25, -0.2) is 9.97 Å². The van der Waals surface area contributed by atoms with Crippen LogP contribution in [-0.2, 0) is 6.54 Å². The third-order valence-electron chi connectivity index (χ3n) is 3.63. The molecule has 19 heavy (non-hydrogen) atoms. The summed E-state index contributed by atoms with van der Waals surface area (Å²) in [7, 11) is 0. The first kappa shape index (κ1) is 12.0. The molecule has 0 bridgehead atoms. The Labute approximate surface area is 111 Å². The van der Waals surface area contributed by atoms with Crippen molar-refractivity contribution in [2.45, 2.75) is 38.8 Å². The van der Waals surface area contributed by atoms with Gasteiger partial charge in [-0.1, -0.05) is 0 Å². The lowest BCUT2D eigenvalue weighted by Crippen LogP contribution is -2.39. The standard InChI is InChI=1S/C13H17N5O/c1-2-18-11-10(17-13(18)14)6-8(7-15-11)12(19)16-9-4-3-5-9/h6-7,9H,2-5H2,1H3,(H2,14,17)(H,16,19). The summed E-state index contributed by atoms with van der Waals surface area (Å²) >= 11 is 0. The number of nitrogens with two attached hydrogens (primary N) is 1. The molecule has 2 aromatic heterocycles. The van der Waals surface area contributed by atoms with E-state index in [2.05, 4.69) is 15.3 Å². The normalized spacial score (nSPS) is 15.4. The third-order valence-corrected chi connectivity index (χ3v) is 3.63. The maximum absolute atomic E-state index is 12.0. The van der Waals surface area contributed by atoms with Crippen LogP contribution in [0.3, 0.4) is 0 Å². The van der Waals surface area contributed by atoms with Crippen LogP contribution in [0.5, 0.6) is 0 Å². The number of pyridine rings is 1. The number of carbonyl (C=O) groups excluding carboxylic acids is 1. The van der Waals surface area contributed by atoms with Crippen LogP contribution in [0.2, 0.25) is 0 Å². The first-order valence-electron chi connectivity index (χ1n) is 6.61. The van der Waals surface area contributed by atoms with Crippen LogP contribution in [0.15, 0.2) is 12.3 Å². The minimum Gasteiger partial charge on any atom is -0.369 e. The lowest BCUT2D eigenvalue weighted by atomic mass is 9.93. The van der Waals surface area contributed by atoms with Crippen LogP contribution in [0.1, 0.15) is 36.5 Å². The van der Waals surface area contributed by atoms with E-state index in [0.29, 0.717) is 29.6 Å². The number of anilines is 1. The van der Waals surface area contributed by atoms with E-state index in [4.69, 9.17) is 5.73 Å². The Morgan fingerprint density at radius 3 is 3.00 bits per heavy atom. The van der Waals surface area contributed by atoms with Crippen molar-refractivity contribution in [2.24, 2.45) is 0 Å². The number of aromatic nitrogens is 3. The molecule has 2 heterocycles. The van der Waals surface area contributed by atoms with Gasteiger partial charge >= 0.3 is 0 Å². The van der Waals surface area contributed by atoms with Gasteiger partial charge in [0, 0.05) is 18.8 Å². The molecule has 6 heteroatoms. The molecule has 0 radical (unpaired) electrons.